The SMILES string of the molecule is CSc1scc(-c2ccccc2)c1C(=O)c1ccccc1. The van der Waals surface area contributed by atoms with Crippen molar-refractivity contribution < 1.29 is 4.79 Å². The summed E-state index contributed by atoms with van der Waals surface area (Å²) >= 11 is 3.27. The van der Waals surface area contributed by atoms with Gasteiger partial charge in [0.2, 0.25) is 0 Å². The molecule has 0 unspecified atom stereocenters. The minimum atomic E-state index is 0.0973. The lowest BCUT2D eigenvalue weighted by Gasteiger charge is -2.06. The number of thiophene rings is 1. The first kappa shape index (κ1) is 14.1. The van der Waals surface area contributed by atoms with Gasteiger partial charge in [-0.1, -0.05) is 60.7 Å². The van der Waals surface area contributed by atoms with Crippen molar-refractivity contribution in [1.29, 1.82) is 0 Å². The molecule has 104 valence electrons. The van der Waals surface area contributed by atoms with E-state index in [-0.39, 0.29) is 5.78 Å². The van der Waals surface area contributed by atoms with E-state index in [0.29, 0.717) is 0 Å². The summed E-state index contributed by atoms with van der Waals surface area (Å²) in [6.07, 6.45) is 2.02. The first-order chi connectivity index (χ1) is 10.3. The zero-order valence-electron chi connectivity index (χ0n) is 11.6. The van der Waals surface area contributed by atoms with Crippen molar-refractivity contribution in [3.63, 3.8) is 0 Å². The monoisotopic (exact) mass is 310 g/mol. The van der Waals surface area contributed by atoms with Crippen LogP contribution in [0, 0.1) is 0 Å². The van der Waals surface area contributed by atoms with Gasteiger partial charge in [0.05, 0.1) is 9.77 Å². The predicted octanol–water partition coefficient (Wildman–Crippen LogP) is 5.37. The number of hydrogen-bond acceptors (Lipinski definition) is 3. The molecule has 0 aliphatic rings. The van der Waals surface area contributed by atoms with Crippen molar-refractivity contribution >= 4 is 28.9 Å². The van der Waals surface area contributed by atoms with Gasteiger partial charge in [0, 0.05) is 16.5 Å². The lowest BCUT2D eigenvalue weighted by molar-refractivity contribution is 0.103. The van der Waals surface area contributed by atoms with E-state index in [2.05, 4.69) is 5.38 Å². The normalized spacial score (nSPS) is 10.5. The Morgan fingerprint density at radius 1 is 0.952 bits per heavy atom. The highest BCUT2D eigenvalue weighted by atomic mass is 32.2. The highest BCUT2D eigenvalue weighted by Gasteiger charge is 2.20. The second kappa shape index (κ2) is 6.29. The maximum atomic E-state index is 12.9. The Bertz CT molecular complexity index is 745. The molecule has 1 nitrogen and oxygen atoms in total. The van der Waals surface area contributed by atoms with E-state index in [4.69, 9.17) is 0 Å². The van der Waals surface area contributed by atoms with Crippen molar-refractivity contribution in [3.8, 4) is 11.1 Å². The van der Waals surface area contributed by atoms with Crippen LogP contribution in [0.2, 0.25) is 0 Å². The van der Waals surface area contributed by atoms with Crippen molar-refractivity contribution in [2.24, 2.45) is 0 Å². The molecule has 0 fully saturated rings. The van der Waals surface area contributed by atoms with E-state index in [1.165, 1.54) is 0 Å². The van der Waals surface area contributed by atoms with Crippen LogP contribution in [0.4, 0.5) is 0 Å². The molecule has 3 rings (SSSR count). The zero-order chi connectivity index (χ0) is 14.7. The molecular formula is C18H14OS2. The van der Waals surface area contributed by atoms with Gasteiger partial charge in [0.25, 0.3) is 0 Å². The number of hydrogen-bond donors (Lipinski definition) is 0. The van der Waals surface area contributed by atoms with Crippen molar-refractivity contribution in [2.45, 2.75) is 4.21 Å². The topological polar surface area (TPSA) is 17.1 Å². The quantitative estimate of drug-likeness (QED) is 0.476. The Hall–Kier alpha value is -1.84. The third kappa shape index (κ3) is 2.80. The second-order valence-corrected chi connectivity index (χ2v) is 6.53. The van der Waals surface area contributed by atoms with E-state index < -0.39 is 0 Å². The van der Waals surface area contributed by atoms with Crippen LogP contribution in [-0.2, 0) is 0 Å². The predicted molar refractivity (Wildman–Crippen MR) is 91.4 cm³/mol. The van der Waals surface area contributed by atoms with Crippen LogP contribution in [0.5, 0.6) is 0 Å². The molecule has 0 bridgehead atoms. The minimum absolute atomic E-state index is 0.0973. The summed E-state index contributed by atoms with van der Waals surface area (Å²) in [5.74, 6) is 0.0973. The molecule has 0 aliphatic carbocycles. The van der Waals surface area contributed by atoms with Crippen molar-refractivity contribution in [1.82, 2.24) is 0 Å². The molecule has 0 aliphatic heterocycles. The molecule has 0 saturated carbocycles. The van der Waals surface area contributed by atoms with Crippen LogP contribution in [-0.4, -0.2) is 12.0 Å². The summed E-state index contributed by atoms with van der Waals surface area (Å²) in [5, 5.41) is 2.08. The van der Waals surface area contributed by atoms with E-state index in [1.807, 2.05) is 66.9 Å². The minimum Gasteiger partial charge on any atom is -0.289 e. The molecule has 0 radical (unpaired) electrons. The van der Waals surface area contributed by atoms with E-state index >= 15 is 0 Å². The van der Waals surface area contributed by atoms with Gasteiger partial charge in [-0.25, -0.2) is 0 Å². The average Bonchev–Trinajstić information content (AvgIpc) is 2.99. The number of ketones is 1. The van der Waals surface area contributed by atoms with Crippen LogP contribution in [0.15, 0.2) is 70.3 Å². The Morgan fingerprint density at radius 2 is 1.57 bits per heavy atom. The lowest BCUT2D eigenvalue weighted by atomic mass is 9.98. The molecule has 1 aromatic heterocycles. The van der Waals surface area contributed by atoms with Crippen LogP contribution in [0.1, 0.15) is 15.9 Å². The van der Waals surface area contributed by atoms with Gasteiger partial charge in [-0.15, -0.1) is 23.1 Å². The highest BCUT2D eigenvalue weighted by molar-refractivity contribution is 8.00. The molecule has 0 spiro atoms. The Labute approximate surface area is 132 Å². The van der Waals surface area contributed by atoms with Gasteiger partial charge in [0.1, 0.15) is 0 Å². The summed E-state index contributed by atoms with van der Waals surface area (Å²) in [6.45, 7) is 0. The zero-order valence-corrected chi connectivity index (χ0v) is 13.2. The van der Waals surface area contributed by atoms with Crippen LogP contribution in [0.25, 0.3) is 11.1 Å². The molecule has 0 N–H and O–H groups in total. The first-order valence-corrected chi connectivity index (χ1v) is 8.72. The summed E-state index contributed by atoms with van der Waals surface area (Å²) in [5.41, 5.74) is 3.68. The van der Waals surface area contributed by atoms with Crippen LogP contribution < -0.4 is 0 Å². The molecule has 0 amide bonds. The number of rotatable bonds is 4. The first-order valence-electron chi connectivity index (χ1n) is 6.62. The number of thioether (sulfide) groups is 1. The van der Waals surface area contributed by atoms with Gasteiger partial charge in [0.15, 0.2) is 5.78 Å². The molecule has 0 saturated heterocycles. The summed E-state index contributed by atoms with van der Waals surface area (Å²) in [7, 11) is 0. The van der Waals surface area contributed by atoms with Gasteiger partial charge in [-0.05, 0) is 11.8 Å². The van der Waals surface area contributed by atoms with Crippen LogP contribution in [0.3, 0.4) is 0 Å². The van der Waals surface area contributed by atoms with Crippen molar-refractivity contribution in [2.75, 3.05) is 6.26 Å². The maximum absolute atomic E-state index is 12.9. The molecular weight excluding hydrogens is 296 g/mol. The number of carbonyl (C=O) groups is 1. The maximum Gasteiger partial charge on any atom is 0.195 e. The van der Waals surface area contributed by atoms with Gasteiger partial charge in [-0.3, -0.25) is 4.79 Å². The summed E-state index contributed by atoms with van der Waals surface area (Å²) in [4.78, 5) is 12.9. The molecule has 2 aromatic carbocycles. The largest absolute Gasteiger partial charge is 0.289 e. The van der Waals surface area contributed by atoms with Gasteiger partial charge in [-0.2, -0.15) is 0 Å². The number of benzene rings is 2. The van der Waals surface area contributed by atoms with Crippen molar-refractivity contribution in [3.05, 3.63) is 77.2 Å². The van der Waals surface area contributed by atoms with E-state index in [0.717, 1.165) is 26.5 Å². The molecule has 3 heteroatoms. The van der Waals surface area contributed by atoms with Crippen LogP contribution >= 0.6 is 23.1 Å². The second-order valence-electron chi connectivity index (χ2n) is 4.58. The number of carbonyl (C=O) groups excluding carboxylic acids is 1. The third-order valence-corrected chi connectivity index (χ3v) is 5.43. The Kier molecular flexibility index (Phi) is 4.23. The Morgan fingerprint density at radius 3 is 2.19 bits per heavy atom. The summed E-state index contributed by atoms with van der Waals surface area (Å²) in [6, 6.07) is 19.6. The van der Waals surface area contributed by atoms with Gasteiger partial charge >= 0.3 is 0 Å². The summed E-state index contributed by atoms with van der Waals surface area (Å²) < 4.78 is 1.07. The average molecular weight is 310 g/mol. The molecule has 3 aromatic rings. The fourth-order valence-electron chi connectivity index (χ4n) is 2.27. The highest BCUT2D eigenvalue weighted by Crippen LogP contribution is 2.38. The van der Waals surface area contributed by atoms with Gasteiger partial charge < -0.3 is 0 Å². The fourth-order valence-corrected chi connectivity index (χ4v) is 4.00. The Balaban J connectivity index is 2.13. The smallest absolute Gasteiger partial charge is 0.195 e. The van der Waals surface area contributed by atoms with E-state index in [9.17, 15) is 4.79 Å². The standard InChI is InChI=1S/C18H14OS2/c1-20-18-16(17(19)14-10-6-3-7-11-14)15(12-21-18)13-8-4-2-5-9-13/h2-12H,1H3. The molecule has 21 heavy (non-hydrogen) atoms. The fraction of sp³-hybridized carbons (Fsp3) is 0.0556. The van der Waals surface area contributed by atoms with E-state index in [1.54, 1.807) is 23.1 Å². The lowest BCUT2D eigenvalue weighted by Crippen LogP contribution is -2.02. The molecule has 0 atom stereocenters. The third-order valence-electron chi connectivity index (χ3n) is 3.29. The molecule has 1 heterocycles.